The molecule has 0 aliphatic heterocycles. The number of hydrogen-bond donors (Lipinski definition) is 1. The van der Waals surface area contributed by atoms with Crippen molar-refractivity contribution < 1.29 is 55.6 Å². The molecule has 2 saturated carbocycles. The average molecular weight is 385 g/mol. The number of ether oxygens (including phenoxy) is 1. The molecule has 140 valence electrons. The summed E-state index contributed by atoms with van der Waals surface area (Å²) in [5.74, 6) is -3.58. The van der Waals surface area contributed by atoms with Crippen molar-refractivity contribution in [3.05, 3.63) is 0 Å². The molecule has 2 aliphatic carbocycles. The van der Waals surface area contributed by atoms with Crippen LogP contribution in [0.15, 0.2) is 0 Å². The number of aliphatic hydroxyl groups excluding tert-OH is 1. The van der Waals surface area contributed by atoms with Crippen molar-refractivity contribution in [3.63, 3.8) is 0 Å². The number of carbonyl (C=O) groups is 1. The molecular weight excluding hydrogens is 374 g/mol. The molecule has 0 aromatic rings. The third-order valence-corrected chi connectivity index (χ3v) is 5.32. The molecule has 0 saturated heterocycles. The third kappa shape index (κ3) is 3.07. The maximum Gasteiger partial charge on any atom is 0.425 e. The normalized spacial score (nSPS) is 30.7. The maximum atomic E-state index is 13.1. The van der Waals surface area contributed by atoms with E-state index >= 15 is 0 Å². The van der Waals surface area contributed by atoms with E-state index in [9.17, 15) is 41.5 Å². The van der Waals surface area contributed by atoms with Gasteiger partial charge in [0.2, 0.25) is 0 Å². The lowest BCUT2D eigenvalue weighted by molar-refractivity contribution is -0.777. The van der Waals surface area contributed by atoms with Gasteiger partial charge in [-0.2, -0.15) is 30.7 Å². The summed E-state index contributed by atoms with van der Waals surface area (Å²) in [7, 11) is 0. The van der Waals surface area contributed by atoms with E-state index in [4.69, 9.17) is 0 Å². The molecule has 1 N–H and O–H groups in total. The van der Waals surface area contributed by atoms with Gasteiger partial charge in [-0.05, 0) is 31.1 Å². The highest BCUT2D eigenvalue weighted by Crippen LogP contribution is 2.54. The second kappa shape index (κ2) is 6.52. The molecule has 2 rings (SSSR count). The predicted octanol–water partition coefficient (Wildman–Crippen LogP) is 1.42. The number of carbonyl (C=O) groups excluding carboxylic acids is 1. The molecule has 4 atom stereocenters. The lowest BCUT2D eigenvalue weighted by Crippen LogP contribution is -2.61. The molecule has 13 heteroatoms. The van der Waals surface area contributed by atoms with Crippen LogP contribution in [0.1, 0.15) is 19.3 Å². The van der Waals surface area contributed by atoms with Gasteiger partial charge in [-0.15, -0.1) is 0 Å². The molecule has 2 aliphatic rings. The molecule has 0 aromatic heterocycles. The van der Waals surface area contributed by atoms with Crippen molar-refractivity contribution in [3.8, 4) is 0 Å². The van der Waals surface area contributed by atoms with Crippen molar-refractivity contribution in [2.45, 2.75) is 48.6 Å². The van der Waals surface area contributed by atoms with Gasteiger partial charge < -0.3 is 15.1 Å². The van der Waals surface area contributed by atoms with Crippen LogP contribution in [0.3, 0.4) is 0 Å². The zero-order chi connectivity index (χ0) is 18.3. The molecule has 6 nitrogen and oxygen atoms in total. The molecule has 0 spiro atoms. The Morgan fingerprint density at radius 3 is 2.04 bits per heavy atom. The van der Waals surface area contributed by atoms with Crippen LogP contribution >= 0.6 is 12.0 Å². The van der Waals surface area contributed by atoms with Gasteiger partial charge in [-0.3, -0.25) is 5.04 Å². The minimum absolute atomic E-state index is 0.340. The first-order valence-corrected chi connectivity index (χ1v) is 7.36. The van der Waals surface area contributed by atoms with Gasteiger partial charge >= 0.3 is 23.1 Å². The number of hydrogen-bond acceptors (Lipinski definition) is 7. The van der Waals surface area contributed by atoms with E-state index in [-0.39, 0.29) is 5.92 Å². The third-order valence-electron chi connectivity index (χ3n) is 4.31. The van der Waals surface area contributed by atoms with Crippen LogP contribution in [0, 0.1) is 11.8 Å². The zero-order valence-corrected chi connectivity index (χ0v) is 12.4. The molecule has 0 aromatic carbocycles. The zero-order valence-electron chi connectivity index (χ0n) is 11.6. The Labute approximate surface area is 135 Å². The van der Waals surface area contributed by atoms with Crippen LogP contribution in [0.25, 0.3) is 0 Å². The van der Waals surface area contributed by atoms with Crippen molar-refractivity contribution in [1.82, 2.24) is 0 Å². The van der Waals surface area contributed by atoms with Gasteiger partial charge in [0, 0.05) is 0 Å². The number of halogens is 6. The fraction of sp³-hybridized carbons (Fsp3) is 0.909. The van der Waals surface area contributed by atoms with E-state index in [1.165, 1.54) is 0 Å². The van der Waals surface area contributed by atoms with Gasteiger partial charge in [-0.25, -0.2) is 4.79 Å². The summed E-state index contributed by atoms with van der Waals surface area (Å²) in [6, 6.07) is 0. The molecule has 4 unspecified atom stereocenters. The van der Waals surface area contributed by atoms with Crippen molar-refractivity contribution in [2.75, 3.05) is 0 Å². The Morgan fingerprint density at radius 2 is 1.62 bits per heavy atom. The minimum Gasteiger partial charge on any atom is -0.691 e. The summed E-state index contributed by atoms with van der Waals surface area (Å²) in [4.78, 5) is 11.8. The predicted molar refractivity (Wildman–Crippen MR) is 61.3 cm³/mol. The summed E-state index contributed by atoms with van der Waals surface area (Å²) in [5, 5.41) is 22.0. The monoisotopic (exact) mass is 385 g/mol. The quantitative estimate of drug-likeness (QED) is 0.252. The first-order chi connectivity index (χ1) is 11.0. The molecule has 2 fully saturated rings. The summed E-state index contributed by atoms with van der Waals surface area (Å²) in [6.07, 6.45) is -13.9. The first-order valence-electron chi connectivity index (χ1n) is 6.62. The van der Waals surface area contributed by atoms with Crippen LogP contribution in [-0.4, -0.2) is 40.4 Å². The van der Waals surface area contributed by atoms with Crippen LogP contribution in [0.2, 0.25) is 0 Å². The van der Waals surface area contributed by atoms with Crippen LogP contribution in [0.4, 0.5) is 26.3 Å². The van der Waals surface area contributed by atoms with Crippen LogP contribution in [0.5, 0.6) is 0 Å². The van der Waals surface area contributed by atoms with Gasteiger partial charge in [0.05, 0.1) is 18.1 Å². The second-order valence-corrected chi connectivity index (χ2v) is 6.50. The Morgan fingerprint density at radius 1 is 1.08 bits per heavy atom. The maximum absolute atomic E-state index is 13.1. The summed E-state index contributed by atoms with van der Waals surface area (Å²) >= 11 is -1.55. The summed E-state index contributed by atoms with van der Waals surface area (Å²) in [5.41, 5.74) is 0. The van der Waals surface area contributed by atoms with Gasteiger partial charge in [0.1, 0.15) is 6.10 Å². The number of esters is 1. The van der Waals surface area contributed by atoms with Gasteiger partial charge in [0.25, 0.3) is 0 Å². The summed E-state index contributed by atoms with van der Waals surface area (Å²) < 4.78 is 80.8. The van der Waals surface area contributed by atoms with E-state index in [0.717, 1.165) is 0 Å². The highest BCUT2D eigenvalue weighted by molar-refractivity contribution is 7.96. The number of rotatable bonds is 5. The average Bonchev–Trinajstić information content (AvgIpc) is 3.00. The Kier molecular flexibility index (Phi) is 5.31. The van der Waals surface area contributed by atoms with Crippen LogP contribution < -0.4 is 5.26 Å². The van der Waals surface area contributed by atoms with Crippen LogP contribution in [-0.2, 0) is 18.9 Å². The molecule has 24 heavy (non-hydrogen) atoms. The molecule has 0 radical (unpaired) electrons. The largest absolute Gasteiger partial charge is 0.691 e. The van der Waals surface area contributed by atoms with E-state index in [0.29, 0.717) is 19.3 Å². The Bertz CT molecular complexity index is 467. The molecule has 0 heterocycles. The highest BCUT2D eigenvalue weighted by Gasteiger charge is 2.79. The fourth-order valence-corrected chi connectivity index (χ4v) is 3.60. The Balaban J connectivity index is 2.30. The van der Waals surface area contributed by atoms with Gasteiger partial charge in [0.15, 0.2) is 0 Å². The van der Waals surface area contributed by atoms with Crippen molar-refractivity contribution >= 4 is 18.0 Å². The lowest BCUT2D eigenvalue weighted by Gasteiger charge is -2.35. The fourth-order valence-electron chi connectivity index (χ4n) is 3.17. The minimum atomic E-state index is -6.20. The second-order valence-electron chi connectivity index (χ2n) is 5.59. The molecule has 0 amide bonds. The van der Waals surface area contributed by atoms with E-state index < -0.39 is 53.2 Å². The Hall–Kier alpha value is -0.760. The number of aliphatic hydroxyl groups is 1. The van der Waals surface area contributed by atoms with Gasteiger partial charge in [-0.1, -0.05) is 0 Å². The van der Waals surface area contributed by atoms with Crippen molar-refractivity contribution in [1.29, 1.82) is 0 Å². The highest BCUT2D eigenvalue weighted by atomic mass is 32.2. The SMILES string of the molecule is O=C(OC1C2CCC(C2)C1O)C(SOO[O-])(C(F)(F)F)C(F)(F)F. The molecular formula is C11H11F6O6S-. The topological polar surface area (TPSA) is 88.1 Å². The molecule has 2 bridgehead atoms. The van der Waals surface area contributed by atoms with Crippen molar-refractivity contribution in [2.24, 2.45) is 11.8 Å². The lowest BCUT2D eigenvalue weighted by atomic mass is 9.94. The number of alkyl halides is 6. The number of fused-ring (bicyclic) bond motifs is 2. The smallest absolute Gasteiger partial charge is 0.425 e. The summed E-state index contributed by atoms with van der Waals surface area (Å²) in [6.45, 7) is 0. The first kappa shape index (κ1) is 19.6. The van der Waals surface area contributed by atoms with E-state index in [2.05, 4.69) is 14.1 Å². The van der Waals surface area contributed by atoms with E-state index in [1.807, 2.05) is 0 Å². The van der Waals surface area contributed by atoms with E-state index in [1.54, 1.807) is 0 Å². The standard InChI is InChI=1S/C11H12F6O6S/c12-10(13,14)9(11(15,16)17,24-23-22-20)8(19)21-7-5-2-1-4(3-5)6(7)18/h4-7,18,20H,1-3H2/p-1.